The summed E-state index contributed by atoms with van der Waals surface area (Å²) >= 11 is 0. The SMILES string of the molecule is Cc1cc(CCCCC(C)(C)C)c(CCCCCC2(C)CC2)cc1N. The number of nitrogen functional groups attached to an aromatic ring is 1. The van der Waals surface area contributed by atoms with Gasteiger partial charge in [-0.15, -0.1) is 0 Å². The standard InChI is InChI=1S/C24H41N/c1-19-17-20(12-8-10-13-23(2,3)4)21(18-22(19)25)11-7-6-9-14-24(5)15-16-24/h17-18H,6-16,25H2,1-5H3. The molecule has 1 saturated carbocycles. The molecule has 0 unspecified atom stereocenters. The number of hydrogen-bond acceptors (Lipinski definition) is 1. The third kappa shape index (κ3) is 7.42. The van der Waals surface area contributed by atoms with E-state index in [-0.39, 0.29) is 0 Å². The molecule has 0 bridgehead atoms. The van der Waals surface area contributed by atoms with E-state index < -0.39 is 0 Å². The minimum absolute atomic E-state index is 0.456. The van der Waals surface area contributed by atoms with Crippen LogP contribution in [0.15, 0.2) is 12.1 Å². The average molecular weight is 344 g/mol. The molecule has 1 heteroatoms. The maximum absolute atomic E-state index is 6.20. The second-order valence-electron chi connectivity index (χ2n) is 10.1. The van der Waals surface area contributed by atoms with Crippen molar-refractivity contribution in [3.8, 4) is 0 Å². The third-order valence-electron chi connectivity index (χ3n) is 6.04. The monoisotopic (exact) mass is 343 g/mol. The van der Waals surface area contributed by atoms with Crippen LogP contribution in [0.3, 0.4) is 0 Å². The smallest absolute Gasteiger partial charge is 0.0346 e. The predicted molar refractivity (Wildman–Crippen MR) is 112 cm³/mol. The molecule has 1 aromatic rings. The fourth-order valence-corrected chi connectivity index (χ4v) is 3.78. The van der Waals surface area contributed by atoms with E-state index in [1.165, 1.54) is 81.8 Å². The Morgan fingerprint density at radius 3 is 2.12 bits per heavy atom. The van der Waals surface area contributed by atoms with Gasteiger partial charge in [0.2, 0.25) is 0 Å². The van der Waals surface area contributed by atoms with Crippen molar-refractivity contribution in [2.45, 2.75) is 105 Å². The van der Waals surface area contributed by atoms with Gasteiger partial charge < -0.3 is 5.73 Å². The van der Waals surface area contributed by atoms with Crippen LogP contribution in [0.1, 0.15) is 102 Å². The molecule has 25 heavy (non-hydrogen) atoms. The summed E-state index contributed by atoms with van der Waals surface area (Å²) in [4.78, 5) is 0. The minimum atomic E-state index is 0.456. The zero-order valence-electron chi connectivity index (χ0n) is 17.5. The van der Waals surface area contributed by atoms with Gasteiger partial charge in [0.1, 0.15) is 0 Å². The molecule has 1 aliphatic carbocycles. The molecule has 0 radical (unpaired) electrons. The largest absolute Gasteiger partial charge is 0.399 e. The van der Waals surface area contributed by atoms with E-state index in [9.17, 15) is 0 Å². The topological polar surface area (TPSA) is 26.0 Å². The van der Waals surface area contributed by atoms with Crippen molar-refractivity contribution in [1.82, 2.24) is 0 Å². The third-order valence-corrected chi connectivity index (χ3v) is 6.04. The molecule has 2 N–H and O–H groups in total. The Balaban J connectivity index is 1.81. The maximum Gasteiger partial charge on any atom is 0.0346 e. The number of benzene rings is 1. The van der Waals surface area contributed by atoms with Gasteiger partial charge in [0, 0.05) is 5.69 Å². The highest BCUT2D eigenvalue weighted by atomic mass is 14.6. The maximum atomic E-state index is 6.20. The highest BCUT2D eigenvalue weighted by molar-refractivity contribution is 5.51. The van der Waals surface area contributed by atoms with Crippen LogP contribution in [0.2, 0.25) is 0 Å². The lowest BCUT2D eigenvalue weighted by molar-refractivity contribution is 0.360. The van der Waals surface area contributed by atoms with Gasteiger partial charge in [0.15, 0.2) is 0 Å². The molecule has 142 valence electrons. The van der Waals surface area contributed by atoms with Crippen LogP contribution < -0.4 is 5.73 Å². The van der Waals surface area contributed by atoms with E-state index >= 15 is 0 Å². The lowest BCUT2D eigenvalue weighted by atomic mass is 9.88. The quantitative estimate of drug-likeness (QED) is 0.351. The van der Waals surface area contributed by atoms with Crippen molar-refractivity contribution in [2.24, 2.45) is 10.8 Å². The fourth-order valence-electron chi connectivity index (χ4n) is 3.78. The highest BCUT2D eigenvalue weighted by Crippen LogP contribution is 2.49. The highest BCUT2D eigenvalue weighted by Gasteiger charge is 2.35. The first-order chi connectivity index (χ1) is 11.7. The molecule has 0 saturated heterocycles. The normalized spacial score (nSPS) is 16.2. The Morgan fingerprint density at radius 1 is 0.920 bits per heavy atom. The second-order valence-corrected chi connectivity index (χ2v) is 10.1. The van der Waals surface area contributed by atoms with Crippen LogP contribution in [0.4, 0.5) is 5.69 Å². The van der Waals surface area contributed by atoms with Gasteiger partial charge in [-0.3, -0.25) is 0 Å². The number of hydrogen-bond donors (Lipinski definition) is 1. The van der Waals surface area contributed by atoms with Gasteiger partial charge in [0.25, 0.3) is 0 Å². The van der Waals surface area contributed by atoms with Gasteiger partial charge >= 0.3 is 0 Å². The first kappa shape index (κ1) is 20.3. The molecule has 0 amide bonds. The first-order valence-electron chi connectivity index (χ1n) is 10.6. The Bertz CT molecular complexity index is 546. The Labute approximate surface area is 156 Å². The summed E-state index contributed by atoms with van der Waals surface area (Å²) in [5, 5.41) is 0. The van der Waals surface area contributed by atoms with Crippen LogP contribution in [-0.4, -0.2) is 0 Å². The lowest BCUT2D eigenvalue weighted by Gasteiger charge is -2.18. The molecule has 1 fully saturated rings. The Morgan fingerprint density at radius 2 is 1.52 bits per heavy atom. The molecule has 0 heterocycles. The summed E-state index contributed by atoms with van der Waals surface area (Å²) in [7, 11) is 0. The molecule has 0 atom stereocenters. The number of nitrogens with two attached hydrogens (primary N) is 1. The molecule has 0 spiro atoms. The summed E-state index contributed by atoms with van der Waals surface area (Å²) in [6.45, 7) is 11.6. The number of unbranched alkanes of at least 4 members (excludes halogenated alkanes) is 3. The summed E-state index contributed by atoms with van der Waals surface area (Å²) in [5.74, 6) is 0. The van der Waals surface area contributed by atoms with Crippen LogP contribution in [0.25, 0.3) is 0 Å². The van der Waals surface area contributed by atoms with E-state index in [4.69, 9.17) is 5.73 Å². The molecular formula is C24H41N. The van der Waals surface area contributed by atoms with Crippen LogP contribution >= 0.6 is 0 Å². The summed E-state index contributed by atoms with van der Waals surface area (Å²) in [5.41, 5.74) is 12.6. The van der Waals surface area contributed by atoms with Crippen molar-refractivity contribution in [3.05, 3.63) is 28.8 Å². The summed E-state index contributed by atoms with van der Waals surface area (Å²) in [6, 6.07) is 4.61. The van der Waals surface area contributed by atoms with E-state index in [1.807, 2.05) is 0 Å². The number of anilines is 1. The lowest BCUT2D eigenvalue weighted by Crippen LogP contribution is -2.05. The molecule has 1 aliphatic rings. The van der Waals surface area contributed by atoms with Gasteiger partial charge in [-0.05, 0) is 91.9 Å². The van der Waals surface area contributed by atoms with Crippen molar-refractivity contribution < 1.29 is 0 Å². The van der Waals surface area contributed by atoms with Gasteiger partial charge in [0.05, 0.1) is 0 Å². The van der Waals surface area contributed by atoms with Gasteiger partial charge in [-0.25, -0.2) is 0 Å². The van der Waals surface area contributed by atoms with E-state index in [0.717, 1.165) is 5.69 Å². The van der Waals surface area contributed by atoms with E-state index in [2.05, 4.69) is 46.8 Å². The molecular weight excluding hydrogens is 302 g/mol. The van der Waals surface area contributed by atoms with Gasteiger partial charge in [-0.2, -0.15) is 0 Å². The Hall–Kier alpha value is -0.980. The van der Waals surface area contributed by atoms with Crippen molar-refractivity contribution in [3.63, 3.8) is 0 Å². The van der Waals surface area contributed by atoms with E-state index in [1.54, 1.807) is 5.56 Å². The average Bonchev–Trinajstić information content (AvgIpc) is 3.24. The number of rotatable bonds is 10. The predicted octanol–water partition coefficient (Wildman–Crippen LogP) is 7.24. The van der Waals surface area contributed by atoms with E-state index in [0.29, 0.717) is 10.8 Å². The Kier molecular flexibility index (Phi) is 7.00. The van der Waals surface area contributed by atoms with Crippen molar-refractivity contribution in [1.29, 1.82) is 0 Å². The molecule has 0 aromatic heterocycles. The molecule has 1 aromatic carbocycles. The summed E-state index contributed by atoms with van der Waals surface area (Å²) in [6.07, 6.45) is 14.8. The molecule has 1 nitrogen and oxygen atoms in total. The summed E-state index contributed by atoms with van der Waals surface area (Å²) < 4.78 is 0. The minimum Gasteiger partial charge on any atom is -0.399 e. The van der Waals surface area contributed by atoms with Crippen LogP contribution in [-0.2, 0) is 12.8 Å². The van der Waals surface area contributed by atoms with Gasteiger partial charge in [-0.1, -0.05) is 53.0 Å². The number of aryl methyl sites for hydroxylation is 3. The molecule has 2 rings (SSSR count). The second kappa shape index (κ2) is 8.60. The van der Waals surface area contributed by atoms with Crippen molar-refractivity contribution in [2.75, 3.05) is 5.73 Å². The molecule has 0 aliphatic heterocycles. The van der Waals surface area contributed by atoms with Crippen LogP contribution in [0, 0.1) is 17.8 Å². The zero-order valence-corrected chi connectivity index (χ0v) is 17.5. The fraction of sp³-hybridized carbons (Fsp3) is 0.750. The zero-order chi connectivity index (χ0) is 18.5. The van der Waals surface area contributed by atoms with Crippen LogP contribution in [0.5, 0.6) is 0 Å². The van der Waals surface area contributed by atoms with Crippen molar-refractivity contribution >= 4 is 5.69 Å². The first-order valence-corrected chi connectivity index (χ1v) is 10.6.